The minimum absolute atomic E-state index is 0.458. The van der Waals surface area contributed by atoms with Gasteiger partial charge in [-0.1, -0.05) is 20.3 Å². The molecule has 18 heavy (non-hydrogen) atoms. The third kappa shape index (κ3) is 1.43. The molecule has 2 heterocycles. The molecule has 1 aliphatic carbocycles. The summed E-state index contributed by atoms with van der Waals surface area (Å²) < 4.78 is 1.03. The average Bonchev–Trinajstić information content (AvgIpc) is 2.76. The van der Waals surface area contributed by atoms with E-state index >= 15 is 0 Å². The summed E-state index contributed by atoms with van der Waals surface area (Å²) >= 11 is 1.68. The predicted octanol–water partition coefficient (Wildman–Crippen LogP) is 3.25. The number of aliphatic carboxylic acids is 1. The highest BCUT2D eigenvalue weighted by Gasteiger charge is 2.48. The summed E-state index contributed by atoms with van der Waals surface area (Å²) in [6.07, 6.45) is 2.41. The van der Waals surface area contributed by atoms with Gasteiger partial charge in [0, 0.05) is 4.88 Å². The molecule has 0 amide bonds. The SMILES string of the molecule is CC(C)c1cc2n[nH]c(C3(C(=O)O)CCC3)c2s1. The highest BCUT2D eigenvalue weighted by molar-refractivity contribution is 7.19. The number of H-pyrrole nitrogens is 1. The number of fused-ring (bicyclic) bond motifs is 1. The van der Waals surface area contributed by atoms with Crippen LogP contribution in [0.15, 0.2) is 6.07 Å². The van der Waals surface area contributed by atoms with Gasteiger partial charge in [-0.2, -0.15) is 5.10 Å². The van der Waals surface area contributed by atoms with Crippen molar-refractivity contribution in [3.05, 3.63) is 16.6 Å². The molecule has 1 saturated carbocycles. The zero-order valence-corrected chi connectivity index (χ0v) is 11.3. The van der Waals surface area contributed by atoms with Crippen molar-refractivity contribution in [2.24, 2.45) is 0 Å². The van der Waals surface area contributed by atoms with Crippen LogP contribution in [0.3, 0.4) is 0 Å². The molecule has 1 fully saturated rings. The highest BCUT2D eigenvalue weighted by atomic mass is 32.1. The predicted molar refractivity (Wildman–Crippen MR) is 71.2 cm³/mol. The number of aromatic amines is 1. The molecule has 0 radical (unpaired) electrons. The molecule has 0 saturated heterocycles. The van der Waals surface area contributed by atoms with Gasteiger partial charge < -0.3 is 5.11 Å². The van der Waals surface area contributed by atoms with Gasteiger partial charge in [-0.15, -0.1) is 11.3 Å². The average molecular weight is 264 g/mol. The Labute approximate surface area is 109 Å². The number of hydrogen-bond acceptors (Lipinski definition) is 3. The van der Waals surface area contributed by atoms with Gasteiger partial charge in [0.1, 0.15) is 10.9 Å². The van der Waals surface area contributed by atoms with Crippen LogP contribution in [0.25, 0.3) is 10.2 Å². The van der Waals surface area contributed by atoms with Gasteiger partial charge in [0.15, 0.2) is 0 Å². The van der Waals surface area contributed by atoms with Gasteiger partial charge in [0.05, 0.1) is 10.4 Å². The van der Waals surface area contributed by atoms with E-state index in [4.69, 9.17) is 0 Å². The summed E-state index contributed by atoms with van der Waals surface area (Å²) in [7, 11) is 0. The van der Waals surface area contributed by atoms with Gasteiger partial charge in [0.25, 0.3) is 0 Å². The fourth-order valence-electron chi connectivity index (χ4n) is 2.54. The van der Waals surface area contributed by atoms with Crippen molar-refractivity contribution in [3.8, 4) is 0 Å². The molecule has 0 aliphatic heterocycles. The molecule has 0 atom stereocenters. The number of rotatable bonds is 3. The Morgan fingerprint density at radius 1 is 1.56 bits per heavy atom. The highest BCUT2D eigenvalue weighted by Crippen LogP contribution is 2.47. The number of hydrogen-bond donors (Lipinski definition) is 2. The lowest BCUT2D eigenvalue weighted by Gasteiger charge is -2.36. The van der Waals surface area contributed by atoms with E-state index in [-0.39, 0.29) is 0 Å². The first kappa shape index (κ1) is 11.7. The molecule has 0 unspecified atom stereocenters. The van der Waals surface area contributed by atoms with E-state index in [0.717, 1.165) is 22.3 Å². The molecule has 2 aromatic heterocycles. The second-order valence-electron chi connectivity index (χ2n) is 5.36. The lowest BCUT2D eigenvalue weighted by molar-refractivity contribution is -0.147. The van der Waals surface area contributed by atoms with E-state index in [0.29, 0.717) is 18.8 Å². The summed E-state index contributed by atoms with van der Waals surface area (Å²) in [6.45, 7) is 4.29. The molecular formula is C13H16N2O2S. The largest absolute Gasteiger partial charge is 0.481 e. The van der Waals surface area contributed by atoms with Gasteiger partial charge in [-0.25, -0.2) is 0 Å². The molecule has 0 aromatic carbocycles. The van der Waals surface area contributed by atoms with Crippen molar-refractivity contribution < 1.29 is 9.90 Å². The lowest BCUT2D eigenvalue weighted by atomic mass is 9.66. The third-order valence-electron chi connectivity index (χ3n) is 3.91. The van der Waals surface area contributed by atoms with Crippen molar-refractivity contribution in [3.63, 3.8) is 0 Å². The van der Waals surface area contributed by atoms with Crippen molar-refractivity contribution in [2.75, 3.05) is 0 Å². The quantitative estimate of drug-likeness (QED) is 0.894. The molecule has 4 nitrogen and oxygen atoms in total. The van der Waals surface area contributed by atoms with E-state index in [1.54, 1.807) is 11.3 Å². The van der Waals surface area contributed by atoms with Crippen LogP contribution in [0.4, 0.5) is 0 Å². The Bertz CT molecular complexity index is 608. The van der Waals surface area contributed by atoms with E-state index in [1.807, 2.05) is 0 Å². The standard InChI is InChI=1S/C13H16N2O2S/c1-7(2)9-6-8-10(18-9)11(15-14-8)13(12(16)17)4-3-5-13/h6-7H,3-5H2,1-2H3,(H,14,15)(H,16,17). The Morgan fingerprint density at radius 3 is 2.78 bits per heavy atom. The first-order chi connectivity index (χ1) is 8.54. The van der Waals surface area contributed by atoms with Gasteiger partial charge in [-0.3, -0.25) is 9.89 Å². The molecule has 96 valence electrons. The number of carboxylic acid groups (broad SMARTS) is 1. The second-order valence-corrected chi connectivity index (χ2v) is 6.44. The van der Waals surface area contributed by atoms with Crippen LogP contribution < -0.4 is 0 Å². The lowest BCUT2D eigenvalue weighted by Crippen LogP contribution is -2.42. The molecule has 3 rings (SSSR count). The zero-order chi connectivity index (χ0) is 12.9. The van der Waals surface area contributed by atoms with Crippen molar-refractivity contribution in [1.29, 1.82) is 0 Å². The summed E-state index contributed by atoms with van der Waals surface area (Å²) in [5, 5.41) is 16.7. The molecule has 1 aliphatic rings. The summed E-state index contributed by atoms with van der Waals surface area (Å²) in [4.78, 5) is 12.8. The van der Waals surface area contributed by atoms with Crippen LogP contribution in [0.1, 0.15) is 49.6 Å². The van der Waals surface area contributed by atoms with E-state index < -0.39 is 11.4 Å². The van der Waals surface area contributed by atoms with Crippen LogP contribution in [-0.2, 0) is 10.2 Å². The summed E-state index contributed by atoms with van der Waals surface area (Å²) in [6, 6.07) is 2.07. The Kier molecular flexibility index (Phi) is 2.48. The number of nitrogens with zero attached hydrogens (tertiary/aromatic N) is 1. The van der Waals surface area contributed by atoms with Gasteiger partial charge >= 0.3 is 5.97 Å². The van der Waals surface area contributed by atoms with E-state index in [2.05, 4.69) is 30.1 Å². The number of carbonyl (C=O) groups is 1. The maximum Gasteiger partial charge on any atom is 0.315 e. The van der Waals surface area contributed by atoms with Crippen LogP contribution in [0.2, 0.25) is 0 Å². The molecule has 0 spiro atoms. The summed E-state index contributed by atoms with van der Waals surface area (Å²) in [5.74, 6) is -0.266. The smallest absolute Gasteiger partial charge is 0.315 e. The number of carboxylic acids is 1. The monoisotopic (exact) mass is 264 g/mol. The normalized spacial score (nSPS) is 18.2. The Morgan fingerprint density at radius 2 is 2.28 bits per heavy atom. The first-order valence-corrected chi connectivity index (χ1v) is 7.08. The fraction of sp³-hybridized carbons (Fsp3) is 0.538. The molecule has 2 N–H and O–H groups in total. The minimum Gasteiger partial charge on any atom is -0.481 e. The van der Waals surface area contributed by atoms with Gasteiger partial charge in [0.2, 0.25) is 0 Å². The van der Waals surface area contributed by atoms with Crippen molar-refractivity contribution in [2.45, 2.75) is 44.4 Å². The van der Waals surface area contributed by atoms with Crippen LogP contribution >= 0.6 is 11.3 Å². The fourth-order valence-corrected chi connectivity index (χ4v) is 3.73. The summed E-state index contributed by atoms with van der Waals surface area (Å²) in [5.41, 5.74) is 1.01. The van der Waals surface area contributed by atoms with Crippen molar-refractivity contribution >= 4 is 27.5 Å². The van der Waals surface area contributed by atoms with Crippen molar-refractivity contribution in [1.82, 2.24) is 10.2 Å². The molecular weight excluding hydrogens is 248 g/mol. The minimum atomic E-state index is -0.723. The number of nitrogens with one attached hydrogen (secondary N) is 1. The first-order valence-electron chi connectivity index (χ1n) is 6.26. The van der Waals surface area contributed by atoms with E-state index in [9.17, 15) is 9.90 Å². The van der Waals surface area contributed by atoms with Gasteiger partial charge in [-0.05, 0) is 24.8 Å². The molecule has 0 bridgehead atoms. The van der Waals surface area contributed by atoms with Crippen LogP contribution in [0, 0.1) is 0 Å². The third-order valence-corrected chi connectivity index (χ3v) is 5.35. The van der Waals surface area contributed by atoms with Crippen LogP contribution in [-0.4, -0.2) is 21.3 Å². The van der Waals surface area contributed by atoms with E-state index in [1.165, 1.54) is 4.88 Å². The Hall–Kier alpha value is -1.36. The zero-order valence-electron chi connectivity index (χ0n) is 10.5. The maximum atomic E-state index is 11.5. The topological polar surface area (TPSA) is 66.0 Å². The number of thiophene rings is 1. The molecule has 5 heteroatoms. The molecule has 2 aromatic rings. The maximum absolute atomic E-state index is 11.5. The number of aromatic nitrogens is 2. The Balaban J connectivity index is 2.14. The second kappa shape index (κ2) is 3.82. The van der Waals surface area contributed by atoms with Crippen LogP contribution in [0.5, 0.6) is 0 Å².